The summed E-state index contributed by atoms with van der Waals surface area (Å²) in [7, 11) is 1.57. The lowest BCUT2D eigenvalue weighted by Gasteiger charge is -2.16. The summed E-state index contributed by atoms with van der Waals surface area (Å²) >= 11 is 7.40. The molecule has 3 aromatic rings. The Balaban J connectivity index is 1.47. The number of likely N-dealkylation sites (N-methyl/N-ethyl adjacent to an activating group) is 1. The number of hydrogen-bond donors (Lipinski definition) is 1. The van der Waals surface area contributed by atoms with Crippen LogP contribution in [0.5, 0.6) is 0 Å². The van der Waals surface area contributed by atoms with Gasteiger partial charge >= 0.3 is 0 Å². The number of nitrogens with one attached hydrogen (secondary N) is 1. The molecule has 0 radical (unpaired) electrons. The van der Waals surface area contributed by atoms with Gasteiger partial charge in [0.15, 0.2) is 0 Å². The summed E-state index contributed by atoms with van der Waals surface area (Å²) in [5, 5.41) is 9.07. The molecule has 2 amide bonds. The zero-order valence-corrected chi connectivity index (χ0v) is 16.1. The first-order valence-electron chi connectivity index (χ1n) is 8.17. The molecule has 2 heterocycles. The second-order valence-corrected chi connectivity index (χ2v) is 7.18. The number of aryl methyl sites for hydroxylation is 1. The van der Waals surface area contributed by atoms with Crippen LogP contribution in [0.25, 0.3) is 10.7 Å². The van der Waals surface area contributed by atoms with Crippen LogP contribution < -0.4 is 5.32 Å². The van der Waals surface area contributed by atoms with Gasteiger partial charge in [-0.05, 0) is 29.6 Å². The van der Waals surface area contributed by atoms with Gasteiger partial charge in [-0.3, -0.25) is 9.59 Å². The van der Waals surface area contributed by atoms with Crippen LogP contribution in [0.4, 0.5) is 5.69 Å². The van der Waals surface area contributed by atoms with Crippen LogP contribution in [0, 0.1) is 0 Å². The third-order valence-electron chi connectivity index (χ3n) is 3.68. The van der Waals surface area contributed by atoms with E-state index in [0.717, 1.165) is 4.88 Å². The van der Waals surface area contributed by atoms with Gasteiger partial charge in [-0.2, -0.15) is 4.98 Å². The van der Waals surface area contributed by atoms with Crippen molar-refractivity contribution in [1.29, 1.82) is 0 Å². The minimum Gasteiger partial charge on any atom is -0.339 e. The van der Waals surface area contributed by atoms with E-state index in [-0.39, 0.29) is 24.8 Å². The molecule has 0 saturated heterocycles. The molecule has 9 heteroatoms. The van der Waals surface area contributed by atoms with E-state index >= 15 is 0 Å². The predicted octanol–water partition coefficient (Wildman–Crippen LogP) is 3.48. The van der Waals surface area contributed by atoms with E-state index in [9.17, 15) is 9.59 Å². The highest BCUT2D eigenvalue weighted by Gasteiger charge is 2.16. The molecule has 3 rings (SSSR count). The molecule has 0 aliphatic rings. The fourth-order valence-electron chi connectivity index (χ4n) is 2.34. The van der Waals surface area contributed by atoms with Crippen molar-refractivity contribution in [2.24, 2.45) is 0 Å². The smallest absolute Gasteiger partial charge is 0.243 e. The van der Waals surface area contributed by atoms with Gasteiger partial charge in [-0.25, -0.2) is 0 Å². The molecule has 0 fully saturated rings. The lowest BCUT2D eigenvalue weighted by atomic mass is 10.2. The zero-order chi connectivity index (χ0) is 19.2. The zero-order valence-electron chi connectivity index (χ0n) is 14.5. The number of halogens is 1. The number of anilines is 1. The van der Waals surface area contributed by atoms with E-state index < -0.39 is 0 Å². The Hall–Kier alpha value is -2.71. The fourth-order valence-corrected chi connectivity index (χ4v) is 3.18. The van der Waals surface area contributed by atoms with Crippen molar-refractivity contribution in [3.05, 3.63) is 52.7 Å². The SMILES string of the molecule is CN(CC(=O)Nc1cccc(Cl)c1)C(=O)CCc1nc(-c2cccs2)no1. The Kier molecular flexibility index (Phi) is 6.20. The van der Waals surface area contributed by atoms with E-state index in [1.807, 2.05) is 17.5 Å². The number of rotatable bonds is 7. The third kappa shape index (κ3) is 5.38. The third-order valence-corrected chi connectivity index (χ3v) is 4.78. The van der Waals surface area contributed by atoms with Crippen LogP contribution in [-0.4, -0.2) is 40.4 Å². The molecular formula is C18H17ClN4O3S. The number of amides is 2. The molecule has 0 saturated carbocycles. The van der Waals surface area contributed by atoms with Crippen LogP contribution in [0.3, 0.4) is 0 Å². The normalized spacial score (nSPS) is 10.6. The number of carbonyl (C=O) groups excluding carboxylic acids is 2. The highest BCUT2D eigenvalue weighted by atomic mass is 35.5. The van der Waals surface area contributed by atoms with Gasteiger partial charge in [0.05, 0.1) is 11.4 Å². The second-order valence-electron chi connectivity index (χ2n) is 5.80. The van der Waals surface area contributed by atoms with Crippen molar-refractivity contribution in [2.45, 2.75) is 12.8 Å². The first-order chi connectivity index (χ1) is 13.0. The van der Waals surface area contributed by atoms with Crippen molar-refractivity contribution in [2.75, 3.05) is 18.9 Å². The molecule has 2 aromatic heterocycles. The summed E-state index contributed by atoms with van der Waals surface area (Å²) in [6.07, 6.45) is 0.491. The highest BCUT2D eigenvalue weighted by Crippen LogP contribution is 2.21. The number of hydrogen-bond acceptors (Lipinski definition) is 6. The lowest BCUT2D eigenvalue weighted by molar-refractivity contribution is -0.133. The van der Waals surface area contributed by atoms with E-state index in [0.29, 0.717) is 28.8 Å². The molecular weight excluding hydrogens is 388 g/mol. The van der Waals surface area contributed by atoms with Crippen molar-refractivity contribution < 1.29 is 14.1 Å². The van der Waals surface area contributed by atoms with Crippen LogP contribution in [0.1, 0.15) is 12.3 Å². The summed E-state index contributed by atoms with van der Waals surface area (Å²) < 4.78 is 5.17. The van der Waals surface area contributed by atoms with Gasteiger partial charge < -0.3 is 14.7 Å². The van der Waals surface area contributed by atoms with Crippen LogP contribution in [0.15, 0.2) is 46.3 Å². The van der Waals surface area contributed by atoms with E-state index in [1.54, 1.807) is 31.3 Å². The van der Waals surface area contributed by atoms with Crippen LogP contribution >= 0.6 is 22.9 Å². The van der Waals surface area contributed by atoms with Crippen molar-refractivity contribution >= 4 is 40.4 Å². The average molecular weight is 405 g/mol. The fraction of sp³-hybridized carbons (Fsp3) is 0.222. The molecule has 140 valence electrons. The molecule has 0 aliphatic carbocycles. The van der Waals surface area contributed by atoms with Gasteiger partial charge in [-0.15, -0.1) is 11.3 Å². The molecule has 0 aliphatic heterocycles. The number of carbonyl (C=O) groups is 2. The van der Waals surface area contributed by atoms with Crippen molar-refractivity contribution in [3.8, 4) is 10.7 Å². The second kappa shape index (κ2) is 8.79. The predicted molar refractivity (Wildman–Crippen MR) is 104 cm³/mol. The summed E-state index contributed by atoms with van der Waals surface area (Å²) in [5.41, 5.74) is 0.584. The largest absolute Gasteiger partial charge is 0.339 e. The molecule has 0 bridgehead atoms. The Morgan fingerprint density at radius 1 is 1.30 bits per heavy atom. The molecule has 27 heavy (non-hydrogen) atoms. The summed E-state index contributed by atoms with van der Waals surface area (Å²) in [6.45, 7) is -0.0599. The number of nitrogens with zero attached hydrogens (tertiary/aromatic N) is 3. The van der Waals surface area contributed by atoms with Gasteiger partial charge in [0, 0.05) is 30.6 Å². The van der Waals surface area contributed by atoms with Gasteiger partial charge in [-0.1, -0.05) is 28.9 Å². The van der Waals surface area contributed by atoms with Gasteiger partial charge in [0.25, 0.3) is 0 Å². The summed E-state index contributed by atoms with van der Waals surface area (Å²) in [4.78, 5) is 30.8. The quantitative estimate of drug-likeness (QED) is 0.651. The van der Waals surface area contributed by atoms with Gasteiger partial charge in [0.1, 0.15) is 0 Å². The number of thiophene rings is 1. The minimum atomic E-state index is -0.300. The first-order valence-corrected chi connectivity index (χ1v) is 9.43. The topological polar surface area (TPSA) is 88.3 Å². The molecule has 0 unspecified atom stereocenters. The van der Waals surface area contributed by atoms with Crippen LogP contribution in [-0.2, 0) is 16.0 Å². The Bertz CT molecular complexity index is 926. The number of benzene rings is 1. The molecule has 0 atom stereocenters. The standard InChI is InChI=1S/C18H17ClN4O3S/c1-23(11-15(24)20-13-5-2-4-12(19)10-13)17(25)8-7-16-21-18(22-26-16)14-6-3-9-27-14/h2-6,9-10H,7-8,11H2,1H3,(H,20,24). The molecule has 1 N–H and O–H groups in total. The maximum Gasteiger partial charge on any atom is 0.243 e. The highest BCUT2D eigenvalue weighted by molar-refractivity contribution is 7.13. The molecule has 1 aromatic carbocycles. The first kappa shape index (κ1) is 19.1. The average Bonchev–Trinajstić information content (AvgIpc) is 3.31. The van der Waals surface area contributed by atoms with E-state index in [2.05, 4.69) is 15.5 Å². The maximum atomic E-state index is 12.2. The Morgan fingerprint density at radius 2 is 2.15 bits per heavy atom. The van der Waals surface area contributed by atoms with Crippen LogP contribution in [0.2, 0.25) is 5.02 Å². The lowest BCUT2D eigenvalue weighted by Crippen LogP contribution is -2.35. The molecule has 7 nitrogen and oxygen atoms in total. The summed E-state index contributed by atoms with van der Waals surface area (Å²) in [5.74, 6) is 0.420. The Morgan fingerprint density at radius 3 is 2.89 bits per heavy atom. The molecule has 0 spiro atoms. The monoisotopic (exact) mass is 404 g/mol. The van der Waals surface area contributed by atoms with Crippen molar-refractivity contribution in [1.82, 2.24) is 15.0 Å². The van der Waals surface area contributed by atoms with Crippen molar-refractivity contribution in [3.63, 3.8) is 0 Å². The summed E-state index contributed by atoms with van der Waals surface area (Å²) in [6, 6.07) is 10.6. The van der Waals surface area contributed by atoms with Gasteiger partial charge in [0.2, 0.25) is 23.5 Å². The Labute approximate surface area is 164 Å². The maximum absolute atomic E-state index is 12.2. The minimum absolute atomic E-state index is 0.0599. The number of aromatic nitrogens is 2. The van der Waals surface area contributed by atoms with E-state index in [4.69, 9.17) is 16.1 Å². The van der Waals surface area contributed by atoms with E-state index in [1.165, 1.54) is 16.2 Å².